The van der Waals surface area contributed by atoms with Crippen LogP contribution < -0.4 is 10.1 Å². The molecule has 8 rings (SSSR count). The van der Waals surface area contributed by atoms with Crippen LogP contribution in [0.2, 0.25) is 0 Å². The zero-order chi connectivity index (χ0) is 29.5. The van der Waals surface area contributed by atoms with Gasteiger partial charge in [-0.15, -0.1) is 6.42 Å². The van der Waals surface area contributed by atoms with Gasteiger partial charge in [0.05, 0.1) is 29.7 Å². The maximum atomic E-state index is 16.6. The SMILES string of the molecule is C#Cc1c(F)ccc2cc(O)cc(-c3ncc4c(NC5C6COCC65)nc(OC[C@@]56CCCN5C[C@H](F)C6)nc4c3F)c12. The Labute approximate surface area is 245 Å². The van der Waals surface area contributed by atoms with Crippen LogP contribution in [-0.2, 0) is 4.74 Å². The predicted octanol–water partition coefficient (Wildman–Crippen LogP) is 4.82. The highest BCUT2D eigenvalue weighted by molar-refractivity contribution is 6.03. The van der Waals surface area contributed by atoms with Gasteiger partial charge in [-0.1, -0.05) is 12.0 Å². The number of pyridine rings is 1. The van der Waals surface area contributed by atoms with Crippen molar-refractivity contribution in [1.29, 1.82) is 0 Å². The molecule has 8 nitrogen and oxygen atoms in total. The van der Waals surface area contributed by atoms with Gasteiger partial charge in [-0.25, -0.2) is 13.2 Å². The standard InChI is InChI=1S/C32H28F3N5O3/c1-2-19-24(34)5-4-16-8-18(41)9-20(25(16)19)28-26(35)29-21(11-36-28)30(37-27-22-13-42-14-23(22)27)39-31(38-29)43-15-32-6-3-7-40(32)12-17(33)10-32/h1,4-5,8-9,11,17,22-23,27,41H,3,6-7,10,12-15H2,(H,37,38,39)/t17-,22?,23?,27?,32+/m1/s1. The van der Waals surface area contributed by atoms with E-state index in [1.54, 1.807) is 0 Å². The molecule has 2 N–H and O–H groups in total. The third-order valence-corrected chi connectivity index (χ3v) is 9.60. The molecule has 2 unspecified atom stereocenters. The van der Waals surface area contributed by atoms with Gasteiger partial charge in [-0.2, -0.15) is 9.97 Å². The fraction of sp³-hybridized carbons (Fsp3) is 0.406. The summed E-state index contributed by atoms with van der Waals surface area (Å²) in [6.45, 7) is 2.66. The van der Waals surface area contributed by atoms with Crippen LogP contribution in [0.4, 0.5) is 19.0 Å². The largest absolute Gasteiger partial charge is 0.508 e. The van der Waals surface area contributed by atoms with E-state index in [0.717, 1.165) is 19.4 Å². The van der Waals surface area contributed by atoms with Crippen molar-refractivity contribution in [2.24, 2.45) is 11.8 Å². The molecule has 2 aromatic heterocycles. The first kappa shape index (κ1) is 26.5. The number of fused-ring (bicyclic) bond motifs is 4. The third kappa shape index (κ3) is 4.18. The van der Waals surface area contributed by atoms with Crippen molar-refractivity contribution in [3.8, 4) is 35.4 Å². The number of anilines is 1. The Morgan fingerprint density at radius 3 is 2.86 bits per heavy atom. The highest BCUT2D eigenvalue weighted by Crippen LogP contribution is 2.47. The van der Waals surface area contributed by atoms with E-state index in [0.29, 0.717) is 54.6 Å². The van der Waals surface area contributed by atoms with E-state index in [1.165, 1.54) is 30.5 Å². The first-order chi connectivity index (χ1) is 20.8. The fourth-order valence-electron chi connectivity index (χ4n) is 7.41. The molecule has 5 heterocycles. The summed E-state index contributed by atoms with van der Waals surface area (Å²) in [5, 5.41) is 14.9. The first-order valence-electron chi connectivity index (χ1n) is 14.5. The number of terminal acetylenes is 1. The molecule has 3 saturated heterocycles. The number of hydrogen-bond acceptors (Lipinski definition) is 8. The summed E-state index contributed by atoms with van der Waals surface area (Å²) in [6.07, 6.45) is 8.31. The van der Waals surface area contributed by atoms with E-state index in [-0.39, 0.29) is 52.1 Å². The van der Waals surface area contributed by atoms with E-state index < -0.39 is 23.3 Å². The van der Waals surface area contributed by atoms with Crippen molar-refractivity contribution in [3.05, 3.63) is 47.7 Å². The molecule has 11 heteroatoms. The van der Waals surface area contributed by atoms with Gasteiger partial charge >= 0.3 is 6.01 Å². The number of nitrogens with one attached hydrogen (secondary N) is 1. The number of rotatable bonds is 6. The molecule has 0 amide bonds. The van der Waals surface area contributed by atoms with Crippen molar-refractivity contribution in [3.63, 3.8) is 0 Å². The maximum absolute atomic E-state index is 16.6. The summed E-state index contributed by atoms with van der Waals surface area (Å²) in [5.41, 5.74) is -0.571. The molecule has 0 radical (unpaired) electrons. The molecule has 0 spiro atoms. The van der Waals surface area contributed by atoms with Crippen LogP contribution in [0, 0.1) is 35.8 Å². The molecule has 4 fully saturated rings. The van der Waals surface area contributed by atoms with Crippen LogP contribution >= 0.6 is 0 Å². The average molecular weight is 588 g/mol. The lowest BCUT2D eigenvalue weighted by Gasteiger charge is -2.30. The summed E-state index contributed by atoms with van der Waals surface area (Å²) in [6, 6.07) is 5.50. The Bertz CT molecular complexity index is 1840. The predicted molar refractivity (Wildman–Crippen MR) is 154 cm³/mol. The van der Waals surface area contributed by atoms with Crippen LogP contribution in [0.25, 0.3) is 32.9 Å². The number of nitrogens with zero attached hydrogens (tertiary/aromatic N) is 4. The molecule has 4 atom stereocenters. The topological polar surface area (TPSA) is 92.6 Å². The van der Waals surface area contributed by atoms with Gasteiger partial charge in [0, 0.05) is 48.0 Å². The summed E-state index contributed by atoms with van der Waals surface area (Å²) < 4.78 is 57.3. The number of alkyl halides is 1. The van der Waals surface area contributed by atoms with Gasteiger partial charge in [0.2, 0.25) is 0 Å². The van der Waals surface area contributed by atoms with Crippen molar-refractivity contribution < 1.29 is 27.8 Å². The molecular formula is C32H28F3N5O3. The smallest absolute Gasteiger partial charge is 0.319 e. The summed E-state index contributed by atoms with van der Waals surface area (Å²) in [4.78, 5) is 15.6. The van der Waals surface area contributed by atoms with Gasteiger partial charge < -0.3 is 19.9 Å². The molecule has 4 aliphatic rings. The minimum atomic E-state index is -0.920. The van der Waals surface area contributed by atoms with E-state index in [4.69, 9.17) is 15.9 Å². The summed E-state index contributed by atoms with van der Waals surface area (Å²) in [7, 11) is 0. The van der Waals surface area contributed by atoms with Crippen molar-refractivity contribution in [2.45, 2.75) is 37.0 Å². The first-order valence-corrected chi connectivity index (χ1v) is 14.5. The molecule has 1 aliphatic carbocycles. The molecular weight excluding hydrogens is 559 g/mol. The van der Waals surface area contributed by atoms with Gasteiger partial charge in [0.25, 0.3) is 0 Å². The zero-order valence-corrected chi connectivity index (χ0v) is 23.1. The minimum absolute atomic E-state index is 0.0345. The molecule has 0 bridgehead atoms. The molecule has 43 heavy (non-hydrogen) atoms. The fourth-order valence-corrected chi connectivity index (χ4v) is 7.41. The minimum Gasteiger partial charge on any atom is -0.508 e. The average Bonchev–Trinajstić information content (AvgIpc) is 3.34. The van der Waals surface area contributed by atoms with Crippen molar-refractivity contribution >= 4 is 27.5 Å². The van der Waals surface area contributed by atoms with Crippen LogP contribution in [0.5, 0.6) is 11.8 Å². The Morgan fingerprint density at radius 1 is 1.21 bits per heavy atom. The number of halogens is 3. The second-order valence-electron chi connectivity index (χ2n) is 12.1. The number of aromatic nitrogens is 3. The van der Waals surface area contributed by atoms with Crippen molar-refractivity contribution in [1.82, 2.24) is 19.9 Å². The third-order valence-electron chi connectivity index (χ3n) is 9.60. The quantitative estimate of drug-likeness (QED) is 0.311. The van der Waals surface area contributed by atoms with Crippen LogP contribution in [-0.4, -0.2) is 75.6 Å². The second-order valence-corrected chi connectivity index (χ2v) is 12.1. The van der Waals surface area contributed by atoms with Gasteiger partial charge in [0.15, 0.2) is 5.82 Å². The zero-order valence-electron chi connectivity index (χ0n) is 23.1. The molecule has 4 aromatic rings. The summed E-state index contributed by atoms with van der Waals surface area (Å²) >= 11 is 0. The highest BCUT2D eigenvalue weighted by atomic mass is 19.1. The number of phenolic OH excluding ortho intramolecular Hbond substituents is 1. The summed E-state index contributed by atoms with van der Waals surface area (Å²) in [5.74, 6) is 1.82. The number of hydrogen-bond donors (Lipinski definition) is 2. The van der Waals surface area contributed by atoms with Gasteiger partial charge in [-0.3, -0.25) is 9.88 Å². The van der Waals surface area contributed by atoms with Crippen LogP contribution in [0.15, 0.2) is 30.5 Å². The van der Waals surface area contributed by atoms with Gasteiger partial charge in [0.1, 0.15) is 41.4 Å². The second kappa shape index (κ2) is 9.69. The maximum Gasteiger partial charge on any atom is 0.319 e. The molecule has 2 aromatic carbocycles. The van der Waals surface area contributed by atoms with Crippen LogP contribution in [0.3, 0.4) is 0 Å². The Morgan fingerprint density at radius 2 is 2.05 bits per heavy atom. The van der Waals surface area contributed by atoms with Gasteiger partial charge in [-0.05, 0) is 43.0 Å². The number of aromatic hydroxyl groups is 1. The lowest BCUT2D eigenvalue weighted by atomic mass is 9.95. The van der Waals surface area contributed by atoms with E-state index in [1.807, 2.05) is 0 Å². The lowest BCUT2D eigenvalue weighted by molar-refractivity contribution is 0.107. The van der Waals surface area contributed by atoms with E-state index in [2.05, 4.69) is 31.1 Å². The lowest BCUT2D eigenvalue weighted by Crippen LogP contribution is -2.43. The Kier molecular flexibility index (Phi) is 5.97. The van der Waals surface area contributed by atoms with E-state index in [9.17, 15) is 13.9 Å². The monoisotopic (exact) mass is 587 g/mol. The molecule has 3 aliphatic heterocycles. The highest BCUT2D eigenvalue weighted by Gasteiger charge is 2.54. The normalized spacial score (nSPS) is 27.8. The number of phenols is 1. The van der Waals surface area contributed by atoms with Crippen molar-refractivity contribution in [2.75, 3.05) is 38.2 Å². The molecule has 1 saturated carbocycles. The van der Waals surface area contributed by atoms with Crippen LogP contribution in [0.1, 0.15) is 24.8 Å². The Balaban J connectivity index is 1.25. The number of benzene rings is 2. The molecule has 220 valence electrons. The number of ether oxygens (including phenoxy) is 2. The van der Waals surface area contributed by atoms with E-state index >= 15 is 4.39 Å². The Hall–Kier alpha value is -4.14.